The smallest absolute Gasteiger partial charge is 0.219 e. The van der Waals surface area contributed by atoms with Crippen molar-refractivity contribution in [3.63, 3.8) is 0 Å². The molecule has 0 saturated carbocycles. The molecule has 2 aromatic rings. The lowest BCUT2D eigenvalue weighted by Crippen LogP contribution is -2.13. The first-order valence-corrected chi connectivity index (χ1v) is 7.41. The number of nitrogens with zero attached hydrogens (tertiary/aromatic N) is 2. The third kappa shape index (κ3) is 3.38. The second-order valence-corrected chi connectivity index (χ2v) is 5.93. The van der Waals surface area contributed by atoms with Gasteiger partial charge in [0.15, 0.2) is 0 Å². The van der Waals surface area contributed by atoms with Crippen molar-refractivity contribution >= 4 is 32.6 Å². The van der Waals surface area contributed by atoms with Crippen LogP contribution in [0.1, 0.15) is 10.5 Å². The number of nitrogens with one attached hydrogen (secondary N) is 1. The number of aromatic amines is 1. The van der Waals surface area contributed by atoms with Gasteiger partial charge in [-0.2, -0.15) is 5.26 Å². The molecular weight excluding hydrogens is 346 g/mol. The number of rotatable bonds is 5. The van der Waals surface area contributed by atoms with E-state index in [1.54, 1.807) is 19.3 Å². The number of likely N-dealkylation sites (N-methyl/N-ethyl adjacent to an activating group) is 1. The summed E-state index contributed by atoms with van der Waals surface area (Å²) in [7, 11) is 5.34. The zero-order chi connectivity index (χ0) is 16.3. The Balaban J connectivity index is 2.40. The van der Waals surface area contributed by atoms with Gasteiger partial charge in [0, 0.05) is 17.4 Å². The second-order valence-electron chi connectivity index (χ2n) is 5.08. The fourth-order valence-corrected chi connectivity index (χ4v) is 2.53. The second kappa shape index (κ2) is 6.77. The maximum absolute atomic E-state index is 12.4. The number of ketones is 1. The predicted molar refractivity (Wildman–Crippen MR) is 89.1 cm³/mol. The number of H-pyrrole nitrogens is 1. The first-order chi connectivity index (χ1) is 10.5. The molecule has 0 spiro atoms. The van der Waals surface area contributed by atoms with Crippen LogP contribution in [0.5, 0.6) is 5.75 Å². The molecule has 1 heterocycles. The van der Waals surface area contributed by atoms with E-state index in [-0.39, 0.29) is 11.4 Å². The van der Waals surface area contributed by atoms with Crippen LogP contribution in [0.2, 0.25) is 0 Å². The molecule has 0 fully saturated rings. The maximum atomic E-state index is 12.4. The highest BCUT2D eigenvalue weighted by Crippen LogP contribution is 2.30. The molecule has 0 aliphatic rings. The van der Waals surface area contributed by atoms with Crippen LogP contribution < -0.4 is 4.74 Å². The summed E-state index contributed by atoms with van der Waals surface area (Å²) in [5, 5.41) is 10.0. The summed E-state index contributed by atoms with van der Waals surface area (Å²) in [6.07, 6.45) is 1.63. The van der Waals surface area contributed by atoms with Gasteiger partial charge in [0.1, 0.15) is 11.8 Å². The van der Waals surface area contributed by atoms with E-state index in [2.05, 4.69) is 20.9 Å². The number of carbonyl (C=O) groups excluding carboxylic acids is 1. The molecule has 22 heavy (non-hydrogen) atoms. The maximum Gasteiger partial charge on any atom is 0.219 e. The normalized spacial score (nSPS) is 11.7. The Kier molecular flexibility index (Phi) is 5.01. The van der Waals surface area contributed by atoms with Gasteiger partial charge >= 0.3 is 0 Å². The molecule has 114 valence electrons. The quantitative estimate of drug-likeness (QED) is 0.504. The number of halogens is 1. The van der Waals surface area contributed by atoms with Crippen molar-refractivity contribution in [3.8, 4) is 11.8 Å². The van der Waals surface area contributed by atoms with Crippen molar-refractivity contribution in [3.05, 3.63) is 40.0 Å². The fraction of sp³-hybridized carbons (Fsp3) is 0.250. The molecule has 0 aliphatic heterocycles. The van der Waals surface area contributed by atoms with Crippen molar-refractivity contribution in [1.82, 2.24) is 9.88 Å². The Morgan fingerprint density at radius 2 is 2.18 bits per heavy atom. The summed E-state index contributed by atoms with van der Waals surface area (Å²) in [6.45, 7) is 0.536. The van der Waals surface area contributed by atoms with E-state index < -0.39 is 0 Å². The van der Waals surface area contributed by atoms with Crippen LogP contribution in [0.25, 0.3) is 10.9 Å². The molecule has 0 radical (unpaired) electrons. The lowest BCUT2D eigenvalue weighted by molar-refractivity contribution is 0.103. The number of allylic oxidation sites excluding steroid dienone is 1. The third-order valence-corrected chi connectivity index (χ3v) is 3.78. The number of hydrogen-bond acceptors (Lipinski definition) is 4. The van der Waals surface area contributed by atoms with Gasteiger partial charge in [0.25, 0.3) is 0 Å². The largest absolute Gasteiger partial charge is 0.496 e. The standard InChI is InChI=1S/C16H16BrN3O2/c1-20(2)5-4-10(9-18)16(21)14-6-11-7-15(22-3)12(17)8-13(11)19-14/h4,6-8,19H,5H2,1-3H3/b10-4+. The number of ether oxygens (including phenoxy) is 1. The topological polar surface area (TPSA) is 69.1 Å². The van der Waals surface area contributed by atoms with Gasteiger partial charge in [-0.25, -0.2) is 0 Å². The number of hydrogen-bond donors (Lipinski definition) is 1. The molecule has 0 amide bonds. The number of benzene rings is 1. The summed E-state index contributed by atoms with van der Waals surface area (Å²) in [5.74, 6) is 0.379. The van der Waals surface area contributed by atoms with E-state index in [0.717, 1.165) is 15.4 Å². The minimum atomic E-state index is -0.310. The van der Waals surface area contributed by atoms with Crippen LogP contribution in [-0.2, 0) is 0 Å². The van der Waals surface area contributed by atoms with Gasteiger partial charge < -0.3 is 14.6 Å². The Hall–Kier alpha value is -2.10. The van der Waals surface area contributed by atoms with Gasteiger partial charge in [-0.05, 0) is 54.3 Å². The fourth-order valence-electron chi connectivity index (χ4n) is 2.02. The summed E-state index contributed by atoms with van der Waals surface area (Å²) in [6, 6.07) is 7.38. The van der Waals surface area contributed by atoms with E-state index in [1.165, 1.54) is 0 Å². The van der Waals surface area contributed by atoms with Crippen LogP contribution in [0.4, 0.5) is 0 Å². The molecule has 0 unspecified atom stereocenters. The molecule has 0 atom stereocenters. The molecule has 5 nitrogen and oxygen atoms in total. The summed E-state index contributed by atoms with van der Waals surface area (Å²) in [5.41, 5.74) is 1.33. The van der Waals surface area contributed by atoms with Crippen molar-refractivity contribution in [2.45, 2.75) is 0 Å². The molecule has 1 aromatic heterocycles. The Bertz CT molecular complexity index is 785. The average molecular weight is 362 g/mol. The summed E-state index contributed by atoms with van der Waals surface area (Å²) >= 11 is 3.41. The Labute approximate surface area is 137 Å². The lowest BCUT2D eigenvalue weighted by atomic mass is 10.1. The minimum absolute atomic E-state index is 0.131. The predicted octanol–water partition coefficient (Wildman–Crippen LogP) is 3.13. The zero-order valence-electron chi connectivity index (χ0n) is 12.6. The van der Waals surface area contributed by atoms with Crippen molar-refractivity contribution in [2.24, 2.45) is 0 Å². The van der Waals surface area contributed by atoms with Gasteiger partial charge in [0.05, 0.1) is 22.8 Å². The van der Waals surface area contributed by atoms with Crippen LogP contribution in [-0.4, -0.2) is 43.4 Å². The van der Waals surface area contributed by atoms with Gasteiger partial charge in [-0.1, -0.05) is 0 Å². The van der Waals surface area contributed by atoms with Gasteiger partial charge in [-0.3, -0.25) is 4.79 Å². The minimum Gasteiger partial charge on any atom is -0.496 e. The number of nitriles is 1. The van der Waals surface area contributed by atoms with Gasteiger partial charge in [0.2, 0.25) is 5.78 Å². The Morgan fingerprint density at radius 1 is 1.45 bits per heavy atom. The number of methoxy groups -OCH3 is 1. The average Bonchev–Trinajstić information content (AvgIpc) is 2.89. The van der Waals surface area contributed by atoms with Gasteiger partial charge in [-0.15, -0.1) is 0 Å². The van der Waals surface area contributed by atoms with E-state index in [1.807, 2.05) is 37.2 Å². The van der Waals surface area contributed by atoms with E-state index in [0.29, 0.717) is 18.0 Å². The van der Waals surface area contributed by atoms with Crippen molar-refractivity contribution in [2.75, 3.05) is 27.7 Å². The first kappa shape index (κ1) is 16.3. The lowest BCUT2D eigenvalue weighted by Gasteiger charge is -2.04. The van der Waals surface area contributed by atoms with E-state index >= 15 is 0 Å². The van der Waals surface area contributed by atoms with Crippen LogP contribution in [0.15, 0.2) is 34.3 Å². The van der Waals surface area contributed by atoms with Crippen LogP contribution >= 0.6 is 15.9 Å². The zero-order valence-corrected chi connectivity index (χ0v) is 14.2. The van der Waals surface area contributed by atoms with Crippen LogP contribution in [0, 0.1) is 11.3 Å². The summed E-state index contributed by atoms with van der Waals surface area (Å²) in [4.78, 5) is 17.3. The molecule has 6 heteroatoms. The highest BCUT2D eigenvalue weighted by molar-refractivity contribution is 9.10. The molecule has 0 bridgehead atoms. The SMILES string of the molecule is COc1cc2cc(C(=O)/C(C#N)=C/CN(C)C)[nH]c2cc1Br. The monoisotopic (exact) mass is 361 g/mol. The van der Waals surface area contributed by atoms with Crippen LogP contribution in [0.3, 0.4) is 0 Å². The molecule has 1 N–H and O–H groups in total. The third-order valence-electron chi connectivity index (χ3n) is 3.16. The number of aromatic nitrogens is 1. The number of carbonyl (C=O) groups is 1. The van der Waals surface area contributed by atoms with Crippen molar-refractivity contribution < 1.29 is 9.53 Å². The molecular formula is C16H16BrN3O2. The molecule has 2 rings (SSSR count). The molecule has 0 aliphatic carbocycles. The van der Waals surface area contributed by atoms with E-state index in [4.69, 9.17) is 4.74 Å². The van der Waals surface area contributed by atoms with E-state index in [9.17, 15) is 10.1 Å². The number of fused-ring (bicyclic) bond motifs is 1. The Morgan fingerprint density at radius 3 is 2.77 bits per heavy atom. The highest BCUT2D eigenvalue weighted by atomic mass is 79.9. The van der Waals surface area contributed by atoms with Crippen molar-refractivity contribution in [1.29, 1.82) is 5.26 Å². The summed E-state index contributed by atoms with van der Waals surface area (Å²) < 4.78 is 6.04. The molecule has 1 aromatic carbocycles. The molecule has 0 saturated heterocycles. The highest BCUT2D eigenvalue weighted by Gasteiger charge is 2.15. The first-order valence-electron chi connectivity index (χ1n) is 6.62. The number of Topliss-reactive ketones (excluding diaryl/α,β-unsaturated/α-hetero) is 1.